The van der Waals surface area contributed by atoms with E-state index in [9.17, 15) is 14.9 Å². The number of nitrogens with one attached hydrogen (secondary N) is 1. The first kappa shape index (κ1) is 23.1. The zero-order valence-corrected chi connectivity index (χ0v) is 19.3. The highest BCUT2D eigenvalue weighted by atomic mass is 79.9. The second-order valence-corrected chi connectivity index (χ2v) is 8.16. The van der Waals surface area contributed by atoms with Crippen LogP contribution in [-0.4, -0.2) is 17.0 Å². The zero-order chi connectivity index (χ0) is 23.1. The van der Waals surface area contributed by atoms with Gasteiger partial charge in [0.2, 0.25) is 5.91 Å². The van der Waals surface area contributed by atoms with E-state index in [1.807, 2.05) is 38.1 Å². The Morgan fingerprint density at radius 2 is 1.88 bits per heavy atom. The van der Waals surface area contributed by atoms with Crippen LogP contribution in [0, 0.1) is 24.0 Å². The number of ether oxygens (including phenoxy) is 1. The molecule has 3 aromatic carbocycles. The molecule has 0 unspecified atom stereocenters. The zero-order valence-electron chi connectivity index (χ0n) is 17.7. The van der Waals surface area contributed by atoms with Crippen molar-refractivity contribution in [2.24, 2.45) is 5.10 Å². The molecule has 0 saturated carbocycles. The molecular formula is C24H22BrN3O4. The first-order valence-corrected chi connectivity index (χ1v) is 10.6. The van der Waals surface area contributed by atoms with Crippen LogP contribution in [0.15, 0.2) is 70.2 Å². The third-order valence-corrected chi connectivity index (χ3v) is 5.37. The van der Waals surface area contributed by atoms with Gasteiger partial charge in [0.15, 0.2) is 0 Å². The molecule has 164 valence electrons. The van der Waals surface area contributed by atoms with Crippen LogP contribution in [0.4, 0.5) is 5.69 Å². The molecule has 7 nitrogen and oxygen atoms in total. The molecule has 0 radical (unpaired) electrons. The number of aryl methyl sites for hydroxylation is 2. The Labute approximate surface area is 194 Å². The molecule has 3 aromatic rings. The average molecular weight is 496 g/mol. The summed E-state index contributed by atoms with van der Waals surface area (Å²) in [6.45, 7) is 4.28. The molecule has 1 N–H and O–H groups in total. The number of carbonyl (C=O) groups is 1. The molecule has 0 saturated heterocycles. The molecule has 0 aliphatic heterocycles. The lowest BCUT2D eigenvalue weighted by molar-refractivity contribution is -0.384. The van der Waals surface area contributed by atoms with Gasteiger partial charge in [0.05, 0.1) is 22.0 Å². The van der Waals surface area contributed by atoms with Gasteiger partial charge >= 0.3 is 0 Å². The first-order chi connectivity index (χ1) is 15.3. The molecule has 1 amide bonds. The molecule has 0 aromatic heterocycles. The number of hydrogen-bond acceptors (Lipinski definition) is 5. The fourth-order valence-electron chi connectivity index (χ4n) is 3.02. The van der Waals surface area contributed by atoms with Gasteiger partial charge in [0, 0.05) is 12.1 Å². The van der Waals surface area contributed by atoms with E-state index in [0.717, 1.165) is 32.3 Å². The Balaban J connectivity index is 1.53. The van der Waals surface area contributed by atoms with Crippen LogP contribution < -0.4 is 10.2 Å². The second-order valence-electron chi connectivity index (χ2n) is 7.30. The fraction of sp³-hybridized carbons (Fsp3) is 0.167. The lowest BCUT2D eigenvalue weighted by atomic mass is 10.0. The Morgan fingerprint density at radius 1 is 1.12 bits per heavy atom. The number of benzene rings is 3. The summed E-state index contributed by atoms with van der Waals surface area (Å²) in [4.78, 5) is 22.4. The molecule has 3 rings (SSSR count). The van der Waals surface area contributed by atoms with Crippen molar-refractivity contribution in [3.05, 3.63) is 103 Å². The van der Waals surface area contributed by atoms with E-state index >= 15 is 0 Å². The van der Waals surface area contributed by atoms with E-state index in [1.54, 1.807) is 24.4 Å². The number of nitrogens with zero attached hydrogens (tertiary/aromatic N) is 2. The molecule has 8 heteroatoms. The topological polar surface area (TPSA) is 93.8 Å². The Bertz CT molecular complexity index is 1160. The van der Waals surface area contributed by atoms with E-state index in [4.69, 9.17) is 4.74 Å². The number of carbonyl (C=O) groups excluding carboxylic acids is 1. The van der Waals surface area contributed by atoms with Crippen molar-refractivity contribution >= 4 is 33.7 Å². The molecule has 0 heterocycles. The molecule has 0 spiro atoms. The van der Waals surface area contributed by atoms with Gasteiger partial charge in [-0.1, -0.05) is 23.8 Å². The van der Waals surface area contributed by atoms with E-state index in [2.05, 4.69) is 32.5 Å². The van der Waals surface area contributed by atoms with Gasteiger partial charge in [0.1, 0.15) is 12.4 Å². The predicted octanol–water partition coefficient (Wildman–Crippen LogP) is 5.25. The summed E-state index contributed by atoms with van der Waals surface area (Å²) in [5.74, 6) is 0.440. The summed E-state index contributed by atoms with van der Waals surface area (Å²) < 4.78 is 6.50. The summed E-state index contributed by atoms with van der Waals surface area (Å²) in [5, 5.41) is 14.8. The van der Waals surface area contributed by atoms with Crippen LogP contribution in [0.2, 0.25) is 0 Å². The van der Waals surface area contributed by atoms with E-state index < -0.39 is 4.92 Å². The third-order valence-electron chi connectivity index (χ3n) is 4.75. The third kappa shape index (κ3) is 6.49. The summed E-state index contributed by atoms with van der Waals surface area (Å²) in [6, 6.07) is 17.6. The van der Waals surface area contributed by atoms with Crippen molar-refractivity contribution in [1.29, 1.82) is 0 Å². The molecular weight excluding hydrogens is 474 g/mol. The van der Waals surface area contributed by atoms with Crippen LogP contribution in [0.25, 0.3) is 0 Å². The van der Waals surface area contributed by atoms with Crippen molar-refractivity contribution in [3.8, 4) is 5.75 Å². The summed E-state index contributed by atoms with van der Waals surface area (Å²) in [7, 11) is 0. The Morgan fingerprint density at radius 3 is 2.53 bits per heavy atom. The Kier molecular flexibility index (Phi) is 7.72. The lowest BCUT2D eigenvalue weighted by Crippen LogP contribution is -2.20. The van der Waals surface area contributed by atoms with E-state index in [1.165, 1.54) is 12.1 Å². The minimum atomic E-state index is -0.437. The molecule has 0 aliphatic rings. The summed E-state index contributed by atoms with van der Waals surface area (Å²) >= 11 is 3.47. The van der Waals surface area contributed by atoms with Crippen molar-refractivity contribution in [2.75, 3.05) is 0 Å². The van der Waals surface area contributed by atoms with E-state index in [0.29, 0.717) is 5.75 Å². The smallest absolute Gasteiger partial charge is 0.269 e. The SMILES string of the molecule is Cc1ccc(CC(=O)N/N=C/c2ccc(OCc3ccc([N+](=O)[O-])cc3)c(Br)c2)c(C)c1. The quantitative estimate of drug-likeness (QED) is 0.262. The fourth-order valence-corrected chi connectivity index (χ4v) is 3.54. The molecule has 0 aliphatic carbocycles. The van der Waals surface area contributed by atoms with Crippen LogP contribution in [0.5, 0.6) is 5.75 Å². The van der Waals surface area contributed by atoms with Gasteiger partial charge in [-0.2, -0.15) is 5.10 Å². The van der Waals surface area contributed by atoms with Crippen LogP contribution in [0.3, 0.4) is 0 Å². The predicted molar refractivity (Wildman–Crippen MR) is 127 cm³/mol. The van der Waals surface area contributed by atoms with Gasteiger partial charge in [0.25, 0.3) is 5.69 Å². The number of nitro benzene ring substituents is 1. The normalized spacial score (nSPS) is 10.8. The maximum atomic E-state index is 12.1. The lowest BCUT2D eigenvalue weighted by Gasteiger charge is -2.09. The van der Waals surface area contributed by atoms with Crippen molar-refractivity contribution in [1.82, 2.24) is 5.43 Å². The van der Waals surface area contributed by atoms with Crippen molar-refractivity contribution in [3.63, 3.8) is 0 Å². The first-order valence-electron chi connectivity index (χ1n) is 9.85. The number of rotatable bonds is 8. The van der Waals surface area contributed by atoms with E-state index in [-0.39, 0.29) is 24.6 Å². The van der Waals surface area contributed by atoms with Gasteiger partial charge in [-0.25, -0.2) is 5.43 Å². The van der Waals surface area contributed by atoms with Crippen LogP contribution >= 0.6 is 15.9 Å². The summed E-state index contributed by atoms with van der Waals surface area (Å²) in [5.41, 5.74) is 7.41. The highest BCUT2D eigenvalue weighted by Crippen LogP contribution is 2.26. The molecule has 32 heavy (non-hydrogen) atoms. The number of nitro groups is 1. The van der Waals surface area contributed by atoms with Gasteiger partial charge in [-0.05, 0) is 82.4 Å². The number of non-ortho nitro benzene ring substituents is 1. The maximum absolute atomic E-state index is 12.1. The van der Waals surface area contributed by atoms with Gasteiger partial charge in [-0.15, -0.1) is 0 Å². The molecule has 0 fully saturated rings. The van der Waals surface area contributed by atoms with Gasteiger partial charge in [-0.3, -0.25) is 14.9 Å². The standard InChI is InChI=1S/C24H22BrN3O4/c1-16-3-7-20(17(2)11-16)13-24(29)27-26-14-19-6-10-23(22(25)12-19)32-15-18-4-8-21(9-5-18)28(30)31/h3-12,14H,13,15H2,1-2H3,(H,27,29)/b26-14+. The minimum Gasteiger partial charge on any atom is -0.488 e. The Hall–Kier alpha value is -3.52. The van der Waals surface area contributed by atoms with Crippen LogP contribution in [0.1, 0.15) is 27.8 Å². The highest BCUT2D eigenvalue weighted by Gasteiger charge is 2.07. The van der Waals surface area contributed by atoms with Crippen molar-refractivity contribution in [2.45, 2.75) is 26.9 Å². The molecule has 0 bridgehead atoms. The minimum absolute atomic E-state index is 0.0414. The number of amides is 1. The highest BCUT2D eigenvalue weighted by molar-refractivity contribution is 9.10. The number of hydrogen-bond donors (Lipinski definition) is 1. The summed E-state index contributed by atoms with van der Waals surface area (Å²) in [6.07, 6.45) is 1.83. The second kappa shape index (κ2) is 10.7. The maximum Gasteiger partial charge on any atom is 0.269 e. The average Bonchev–Trinajstić information content (AvgIpc) is 2.75. The van der Waals surface area contributed by atoms with Gasteiger partial charge < -0.3 is 4.74 Å². The number of halogens is 1. The molecule has 0 atom stereocenters. The number of hydrazone groups is 1. The monoisotopic (exact) mass is 495 g/mol. The van der Waals surface area contributed by atoms with Crippen LogP contribution in [-0.2, 0) is 17.8 Å². The van der Waals surface area contributed by atoms with Crippen molar-refractivity contribution < 1.29 is 14.5 Å². The largest absolute Gasteiger partial charge is 0.488 e.